The van der Waals surface area contributed by atoms with Gasteiger partial charge in [0.05, 0.1) is 24.9 Å². The zero-order valence-corrected chi connectivity index (χ0v) is 21.0. The van der Waals surface area contributed by atoms with Crippen LogP contribution >= 0.6 is 11.3 Å². The van der Waals surface area contributed by atoms with Crippen LogP contribution in [0.15, 0.2) is 40.3 Å². The molecule has 0 atom stereocenters. The van der Waals surface area contributed by atoms with Crippen LogP contribution in [0.25, 0.3) is 0 Å². The SMILES string of the molecule is Cc1c(C#N)c(NC(=O)CN2CCC(C(=O)NCCc3cccs3)CC2)n(Cc2ccco2)c1C. The molecule has 1 aliphatic rings. The van der Waals surface area contributed by atoms with E-state index >= 15 is 0 Å². The van der Waals surface area contributed by atoms with Crippen LogP contribution in [0.5, 0.6) is 0 Å². The number of rotatable bonds is 9. The highest BCUT2D eigenvalue weighted by atomic mass is 32.1. The predicted molar refractivity (Wildman–Crippen MR) is 135 cm³/mol. The van der Waals surface area contributed by atoms with Gasteiger partial charge in [-0.05, 0) is 75.3 Å². The Bertz CT molecular complexity index is 1180. The third-order valence-electron chi connectivity index (χ3n) is 6.67. The van der Waals surface area contributed by atoms with Gasteiger partial charge in [0.15, 0.2) is 0 Å². The first-order valence-electron chi connectivity index (χ1n) is 11.9. The predicted octanol–water partition coefficient (Wildman–Crippen LogP) is 3.69. The quantitative estimate of drug-likeness (QED) is 0.473. The third kappa shape index (κ3) is 6.02. The van der Waals surface area contributed by atoms with E-state index in [0.29, 0.717) is 37.6 Å². The average molecular weight is 494 g/mol. The van der Waals surface area contributed by atoms with Gasteiger partial charge in [0.25, 0.3) is 0 Å². The van der Waals surface area contributed by atoms with Crippen molar-refractivity contribution in [3.8, 4) is 6.07 Å². The fourth-order valence-electron chi connectivity index (χ4n) is 4.52. The summed E-state index contributed by atoms with van der Waals surface area (Å²) in [6.45, 7) is 6.51. The molecule has 0 radical (unpaired) electrons. The van der Waals surface area contributed by atoms with Gasteiger partial charge in [-0.1, -0.05) is 6.07 Å². The van der Waals surface area contributed by atoms with E-state index in [-0.39, 0.29) is 24.3 Å². The topological polar surface area (TPSA) is 103 Å². The molecule has 9 heteroatoms. The molecule has 1 saturated heterocycles. The molecule has 3 aromatic rings. The lowest BCUT2D eigenvalue weighted by molar-refractivity contribution is -0.126. The molecule has 1 aliphatic heterocycles. The molecule has 1 fully saturated rings. The molecule has 0 spiro atoms. The highest BCUT2D eigenvalue weighted by Gasteiger charge is 2.27. The zero-order valence-electron chi connectivity index (χ0n) is 20.2. The smallest absolute Gasteiger partial charge is 0.239 e. The van der Waals surface area contributed by atoms with Crippen molar-refractivity contribution in [2.45, 2.75) is 39.7 Å². The lowest BCUT2D eigenvalue weighted by atomic mass is 9.96. The normalized spacial score (nSPS) is 14.5. The molecule has 3 aromatic heterocycles. The summed E-state index contributed by atoms with van der Waals surface area (Å²) in [6, 6.07) is 10.0. The number of furan rings is 1. The number of likely N-dealkylation sites (tertiary alicyclic amines) is 1. The van der Waals surface area contributed by atoms with E-state index in [1.54, 1.807) is 17.6 Å². The molecular weight excluding hydrogens is 462 g/mol. The molecule has 0 aliphatic carbocycles. The molecule has 4 heterocycles. The minimum Gasteiger partial charge on any atom is -0.467 e. The van der Waals surface area contributed by atoms with Crippen molar-refractivity contribution in [1.82, 2.24) is 14.8 Å². The van der Waals surface area contributed by atoms with Crippen molar-refractivity contribution in [2.24, 2.45) is 5.92 Å². The number of amides is 2. The number of hydrogen-bond acceptors (Lipinski definition) is 6. The van der Waals surface area contributed by atoms with Crippen molar-refractivity contribution in [3.63, 3.8) is 0 Å². The number of aromatic nitrogens is 1. The second kappa shape index (κ2) is 11.4. The van der Waals surface area contributed by atoms with E-state index in [2.05, 4.69) is 27.7 Å². The van der Waals surface area contributed by atoms with Gasteiger partial charge in [-0.2, -0.15) is 5.26 Å². The first-order chi connectivity index (χ1) is 17.0. The second-order valence-corrected chi connectivity index (χ2v) is 9.96. The molecule has 0 saturated carbocycles. The van der Waals surface area contributed by atoms with Gasteiger partial charge >= 0.3 is 0 Å². The molecule has 2 amide bonds. The molecule has 184 valence electrons. The summed E-state index contributed by atoms with van der Waals surface area (Å²) in [5.74, 6) is 1.17. The minimum atomic E-state index is -0.168. The first-order valence-corrected chi connectivity index (χ1v) is 12.8. The number of carbonyl (C=O) groups is 2. The fraction of sp³-hybridized carbons (Fsp3) is 0.423. The largest absolute Gasteiger partial charge is 0.467 e. The number of nitriles is 1. The van der Waals surface area contributed by atoms with E-state index < -0.39 is 0 Å². The van der Waals surface area contributed by atoms with Gasteiger partial charge in [0, 0.05) is 23.0 Å². The summed E-state index contributed by atoms with van der Waals surface area (Å²) in [6.07, 6.45) is 3.93. The Labute approximate surface area is 209 Å². The lowest BCUT2D eigenvalue weighted by Crippen LogP contribution is -2.43. The minimum absolute atomic E-state index is 0.0151. The summed E-state index contributed by atoms with van der Waals surface area (Å²) >= 11 is 1.70. The van der Waals surface area contributed by atoms with Crippen molar-refractivity contribution in [1.29, 1.82) is 5.26 Å². The van der Waals surface area contributed by atoms with Crippen LogP contribution in [0.2, 0.25) is 0 Å². The summed E-state index contributed by atoms with van der Waals surface area (Å²) in [5, 5.41) is 17.8. The maximum Gasteiger partial charge on any atom is 0.239 e. The number of nitrogens with one attached hydrogen (secondary N) is 2. The highest BCUT2D eigenvalue weighted by molar-refractivity contribution is 7.09. The molecule has 0 aromatic carbocycles. The van der Waals surface area contributed by atoms with Gasteiger partial charge < -0.3 is 19.6 Å². The van der Waals surface area contributed by atoms with Crippen molar-refractivity contribution in [3.05, 3.63) is 63.4 Å². The Kier molecular flexibility index (Phi) is 8.06. The van der Waals surface area contributed by atoms with Gasteiger partial charge in [0.1, 0.15) is 17.6 Å². The molecule has 2 N–H and O–H groups in total. The van der Waals surface area contributed by atoms with Crippen LogP contribution in [-0.4, -0.2) is 47.5 Å². The van der Waals surface area contributed by atoms with E-state index in [4.69, 9.17) is 4.42 Å². The van der Waals surface area contributed by atoms with Gasteiger partial charge in [0.2, 0.25) is 11.8 Å². The van der Waals surface area contributed by atoms with E-state index in [1.165, 1.54) is 4.88 Å². The number of hydrogen-bond donors (Lipinski definition) is 2. The summed E-state index contributed by atoms with van der Waals surface area (Å²) in [5.41, 5.74) is 2.24. The highest BCUT2D eigenvalue weighted by Crippen LogP contribution is 2.27. The van der Waals surface area contributed by atoms with Crippen LogP contribution in [0.3, 0.4) is 0 Å². The zero-order chi connectivity index (χ0) is 24.8. The Morgan fingerprint density at radius 3 is 2.69 bits per heavy atom. The van der Waals surface area contributed by atoms with Gasteiger partial charge in [-0.25, -0.2) is 0 Å². The van der Waals surface area contributed by atoms with Crippen molar-refractivity contribution < 1.29 is 14.0 Å². The van der Waals surface area contributed by atoms with E-state index in [1.807, 2.05) is 42.0 Å². The monoisotopic (exact) mass is 493 g/mol. The van der Waals surface area contributed by atoms with Gasteiger partial charge in [-0.15, -0.1) is 11.3 Å². The van der Waals surface area contributed by atoms with Crippen LogP contribution < -0.4 is 10.6 Å². The van der Waals surface area contributed by atoms with Crippen molar-refractivity contribution in [2.75, 3.05) is 31.5 Å². The summed E-state index contributed by atoms with van der Waals surface area (Å²) in [7, 11) is 0. The Morgan fingerprint density at radius 2 is 2.03 bits per heavy atom. The van der Waals surface area contributed by atoms with Crippen LogP contribution in [0, 0.1) is 31.1 Å². The van der Waals surface area contributed by atoms with Crippen LogP contribution in [0.4, 0.5) is 5.82 Å². The molecule has 0 bridgehead atoms. The van der Waals surface area contributed by atoms with Crippen molar-refractivity contribution >= 4 is 29.0 Å². The molecule has 4 rings (SSSR count). The maximum atomic E-state index is 12.9. The average Bonchev–Trinajstić information content (AvgIpc) is 3.60. The van der Waals surface area contributed by atoms with E-state index in [9.17, 15) is 14.9 Å². The second-order valence-electron chi connectivity index (χ2n) is 8.93. The number of thiophene rings is 1. The standard InChI is InChI=1S/C26H31N5O3S/c1-18-19(2)31(16-21-5-3-13-34-21)25(23(18)15-27)29-24(32)17-30-11-8-20(9-12-30)26(33)28-10-7-22-6-4-14-35-22/h3-6,13-14,20H,7-12,16-17H2,1-2H3,(H,28,33)(H,29,32). The van der Waals surface area contributed by atoms with E-state index in [0.717, 1.165) is 36.3 Å². The van der Waals surface area contributed by atoms with Crippen LogP contribution in [0.1, 0.15) is 40.3 Å². The summed E-state index contributed by atoms with van der Waals surface area (Å²) in [4.78, 5) is 28.8. The molecule has 0 unspecified atom stereocenters. The molecular formula is C26H31N5O3S. The number of carbonyl (C=O) groups excluding carboxylic acids is 2. The van der Waals surface area contributed by atoms with Crippen LogP contribution in [-0.2, 0) is 22.6 Å². The third-order valence-corrected chi connectivity index (χ3v) is 7.61. The first kappa shape index (κ1) is 24.8. The Balaban J connectivity index is 1.29. The lowest BCUT2D eigenvalue weighted by Gasteiger charge is -2.30. The Morgan fingerprint density at radius 1 is 1.23 bits per heavy atom. The number of nitrogens with zero attached hydrogens (tertiary/aromatic N) is 3. The molecule has 35 heavy (non-hydrogen) atoms. The summed E-state index contributed by atoms with van der Waals surface area (Å²) < 4.78 is 7.39. The fourth-order valence-corrected chi connectivity index (χ4v) is 5.23. The number of anilines is 1. The maximum absolute atomic E-state index is 12.9. The molecule has 8 nitrogen and oxygen atoms in total. The van der Waals surface area contributed by atoms with Gasteiger partial charge in [-0.3, -0.25) is 14.5 Å². The number of piperidine rings is 1. The Hall–Kier alpha value is -3.35.